The van der Waals surface area contributed by atoms with Gasteiger partial charge in [0.05, 0.1) is 11.6 Å². The number of aromatic carboxylic acids is 1. The highest BCUT2D eigenvalue weighted by Gasteiger charge is 2.28. The summed E-state index contributed by atoms with van der Waals surface area (Å²) in [5, 5.41) is 11.5. The largest absolute Gasteiger partial charge is 0.478 e. The monoisotopic (exact) mass is 294 g/mol. The molecule has 0 radical (unpaired) electrons. The zero-order valence-corrected chi connectivity index (χ0v) is 11.9. The quantitative estimate of drug-likeness (QED) is 0.885. The number of amides is 1. The number of carbonyl (C=O) groups is 2. The number of nitrogens with one attached hydrogen (secondary N) is 1. The molecule has 0 aliphatic carbocycles. The minimum absolute atomic E-state index is 0.0303. The van der Waals surface area contributed by atoms with Gasteiger partial charge < -0.3 is 10.4 Å². The van der Waals surface area contributed by atoms with Crippen molar-refractivity contribution in [1.82, 2.24) is 10.2 Å². The van der Waals surface area contributed by atoms with Crippen LogP contribution < -0.4 is 5.32 Å². The van der Waals surface area contributed by atoms with E-state index in [0.717, 1.165) is 25.8 Å². The van der Waals surface area contributed by atoms with Crippen LogP contribution in [0.15, 0.2) is 18.2 Å². The lowest BCUT2D eigenvalue weighted by molar-refractivity contribution is -0.127. The smallest absolute Gasteiger partial charge is 0.338 e. The zero-order chi connectivity index (χ0) is 15.4. The first-order chi connectivity index (χ1) is 10.0. The minimum Gasteiger partial charge on any atom is -0.478 e. The van der Waals surface area contributed by atoms with Crippen molar-refractivity contribution >= 4 is 11.9 Å². The molecule has 0 saturated carbocycles. The third kappa shape index (κ3) is 3.58. The Morgan fingerprint density at radius 1 is 1.43 bits per heavy atom. The molecule has 1 aromatic rings. The topological polar surface area (TPSA) is 69.6 Å². The van der Waals surface area contributed by atoms with Crippen molar-refractivity contribution in [3.05, 3.63) is 35.1 Å². The van der Waals surface area contributed by atoms with E-state index in [1.165, 1.54) is 12.1 Å². The van der Waals surface area contributed by atoms with Gasteiger partial charge in [0, 0.05) is 13.6 Å². The summed E-state index contributed by atoms with van der Waals surface area (Å²) in [5.74, 6) is -2.05. The summed E-state index contributed by atoms with van der Waals surface area (Å²) in [7, 11) is 1.61. The van der Waals surface area contributed by atoms with Gasteiger partial charge in [-0.15, -0.1) is 0 Å². The van der Waals surface area contributed by atoms with Gasteiger partial charge in [-0.2, -0.15) is 0 Å². The SMILES string of the molecule is CNC(=O)C1CCCCN1Cc1ccc(C(=O)O)c(F)c1. The van der Waals surface area contributed by atoms with Crippen LogP contribution >= 0.6 is 0 Å². The molecule has 0 aromatic heterocycles. The Kier molecular flexibility index (Phi) is 4.90. The number of carboxylic acid groups (broad SMARTS) is 1. The summed E-state index contributed by atoms with van der Waals surface area (Å²) >= 11 is 0. The van der Waals surface area contributed by atoms with Crippen molar-refractivity contribution in [2.75, 3.05) is 13.6 Å². The van der Waals surface area contributed by atoms with E-state index < -0.39 is 11.8 Å². The number of likely N-dealkylation sites (tertiary alicyclic amines) is 1. The number of hydrogen-bond acceptors (Lipinski definition) is 3. The van der Waals surface area contributed by atoms with E-state index in [1.54, 1.807) is 13.1 Å². The van der Waals surface area contributed by atoms with E-state index in [0.29, 0.717) is 12.1 Å². The molecule has 2 N–H and O–H groups in total. The first-order valence-electron chi connectivity index (χ1n) is 7.00. The molecule has 1 fully saturated rings. The molecule has 1 unspecified atom stereocenters. The van der Waals surface area contributed by atoms with Gasteiger partial charge in [0.15, 0.2) is 0 Å². The molecular formula is C15H19FN2O3. The van der Waals surface area contributed by atoms with Crippen LogP contribution in [-0.4, -0.2) is 41.5 Å². The molecule has 1 saturated heterocycles. The number of halogens is 1. The lowest BCUT2D eigenvalue weighted by Gasteiger charge is -2.34. The van der Waals surface area contributed by atoms with Crippen molar-refractivity contribution < 1.29 is 19.1 Å². The molecule has 0 bridgehead atoms. The summed E-state index contributed by atoms with van der Waals surface area (Å²) < 4.78 is 13.7. The summed E-state index contributed by atoms with van der Waals surface area (Å²) in [4.78, 5) is 24.7. The number of carboxylic acids is 1. The van der Waals surface area contributed by atoms with Crippen LogP contribution in [0.4, 0.5) is 4.39 Å². The van der Waals surface area contributed by atoms with Gasteiger partial charge in [0.25, 0.3) is 0 Å². The molecule has 2 rings (SSSR count). The molecule has 21 heavy (non-hydrogen) atoms. The number of benzene rings is 1. The summed E-state index contributed by atoms with van der Waals surface area (Å²) in [6.45, 7) is 1.22. The van der Waals surface area contributed by atoms with Crippen molar-refractivity contribution in [1.29, 1.82) is 0 Å². The van der Waals surface area contributed by atoms with Gasteiger partial charge in [-0.3, -0.25) is 9.69 Å². The fourth-order valence-corrected chi connectivity index (χ4v) is 2.71. The van der Waals surface area contributed by atoms with E-state index in [9.17, 15) is 14.0 Å². The minimum atomic E-state index is -1.28. The predicted molar refractivity (Wildman–Crippen MR) is 75.5 cm³/mol. The lowest BCUT2D eigenvalue weighted by Crippen LogP contribution is -2.48. The van der Waals surface area contributed by atoms with Gasteiger partial charge in [0.2, 0.25) is 5.91 Å². The van der Waals surface area contributed by atoms with E-state index in [1.807, 2.05) is 4.90 Å². The predicted octanol–water partition coefficient (Wildman–Crippen LogP) is 1.62. The maximum atomic E-state index is 13.7. The third-order valence-corrected chi connectivity index (χ3v) is 3.81. The van der Waals surface area contributed by atoms with Crippen LogP contribution in [0, 0.1) is 5.82 Å². The summed E-state index contributed by atoms with van der Waals surface area (Å²) in [6, 6.07) is 3.90. The van der Waals surface area contributed by atoms with Gasteiger partial charge in [-0.25, -0.2) is 9.18 Å². The Bertz CT molecular complexity index is 548. The van der Waals surface area contributed by atoms with Gasteiger partial charge in [-0.1, -0.05) is 12.5 Å². The molecule has 1 aliphatic rings. The van der Waals surface area contributed by atoms with Gasteiger partial charge in [0.1, 0.15) is 5.82 Å². The third-order valence-electron chi connectivity index (χ3n) is 3.81. The van der Waals surface area contributed by atoms with Crippen LogP contribution in [0.25, 0.3) is 0 Å². The molecule has 1 aliphatic heterocycles. The Morgan fingerprint density at radius 2 is 2.19 bits per heavy atom. The normalized spacial score (nSPS) is 19.2. The first kappa shape index (κ1) is 15.4. The molecule has 1 aromatic carbocycles. The van der Waals surface area contributed by atoms with Crippen molar-refractivity contribution in [3.63, 3.8) is 0 Å². The Hall–Kier alpha value is -1.95. The molecule has 1 amide bonds. The van der Waals surface area contributed by atoms with Crippen LogP contribution in [0.1, 0.15) is 35.2 Å². The van der Waals surface area contributed by atoms with Gasteiger partial charge in [-0.05, 0) is 37.1 Å². The number of carbonyl (C=O) groups excluding carboxylic acids is 1. The number of nitrogens with zero attached hydrogens (tertiary/aromatic N) is 1. The molecular weight excluding hydrogens is 275 g/mol. The first-order valence-corrected chi connectivity index (χ1v) is 7.00. The van der Waals surface area contributed by atoms with Crippen LogP contribution in [0.2, 0.25) is 0 Å². The van der Waals surface area contributed by atoms with Gasteiger partial charge >= 0.3 is 5.97 Å². The highest BCUT2D eigenvalue weighted by molar-refractivity contribution is 5.87. The molecule has 1 atom stereocenters. The number of hydrogen-bond donors (Lipinski definition) is 2. The second kappa shape index (κ2) is 6.67. The summed E-state index contributed by atoms with van der Waals surface area (Å²) in [5.41, 5.74) is 0.341. The second-order valence-corrected chi connectivity index (χ2v) is 5.22. The Labute approximate surface area is 122 Å². The van der Waals surface area contributed by atoms with E-state index in [-0.39, 0.29) is 17.5 Å². The molecule has 6 heteroatoms. The fraction of sp³-hybridized carbons (Fsp3) is 0.467. The highest BCUT2D eigenvalue weighted by atomic mass is 19.1. The average molecular weight is 294 g/mol. The van der Waals surface area contributed by atoms with E-state index in [2.05, 4.69) is 5.32 Å². The van der Waals surface area contributed by atoms with Crippen molar-refractivity contribution in [3.8, 4) is 0 Å². The second-order valence-electron chi connectivity index (χ2n) is 5.22. The highest BCUT2D eigenvalue weighted by Crippen LogP contribution is 2.21. The Balaban J connectivity index is 2.14. The van der Waals surface area contributed by atoms with Crippen LogP contribution in [0.3, 0.4) is 0 Å². The van der Waals surface area contributed by atoms with Crippen molar-refractivity contribution in [2.24, 2.45) is 0 Å². The van der Waals surface area contributed by atoms with E-state index >= 15 is 0 Å². The van der Waals surface area contributed by atoms with Crippen LogP contribution in [0.5, 0.6) is 0 Å². The van der Waals surface area contributed by atoms with Crippen LogP contribution in [-0.2, 0) is 11.3 Å². The molecule has 114 valence electrons. The number of piperidine rings is 1. The van der Waals surface area contributed by atoms with E-state index in [4.69, 9.17) is 5.11 Å². The molecule has 1 heterocycles. The summed E-state index contributed by atoms with van der Waals surface area (Å²) in [6.07, 6.45) is 2.79. The lowest BCUT2D eigenvalue weighted by atomic mass is 10.00. The average Bonchev–Trinajstić information content (AvgIpc) is 2.46. The maximum Gasteiger partial charge on any atom is 0.338 e. The number of likely N-dealkylation sites (N-methyl/N-ethyl adjacent to an activating group) is 1. The molecule has 5 nitrogen and oxygen atoms in total. The maximum absolute atomic E-state index is 13.7. The number of rotatable bonds is 4. The standard InChI is InChI=1S/C15H19FN2O3/c1-17-14(19)13-4-2-3-7-18(13)9-10-5-6-11(15(20)21)12(16)8-10/h5-6,8,13H,2-4,7,9H2,1H3,(H,17,19)(H,20,21). The zero-order valence-electron chi connectivity index (χ0n) is 11.9. The molecule has 0 spiro atoms. The fourth-order valence-electron chi connectivity index (χ4n) is 2.71. The van der Waals surface area contributed by atoms with Crippen molar-refractivity contribution in [2.45, 2.75) is 31.8 Å². The Morgan fingerprint density at radius 3 is 2.81 bits per heavy atom.